The van der Waals surface area contributed by atoms with Crippen molar-refractivity contribution in [3.63, 3.8) is 0 Å². The van der Waals surface area contributed by atoms with Crippen molar-refractivity contribution in [3.8, 4) is 0 Å². The van der Waals surface area contributed by atoms with Gasteiger partial charge in [-0.1, -0.05) is 27.7 Å². The van der Waals surface area contributed by atoms with E-state index in [0.29, 0.717) is 0 Å². The number of amides is 1. The largest absolute Gasteiger partial charge is 0.479 e. The van der Waals surface area contributed by atoms with Crippen LogP contribution in [0.1, 0.15) is 67.7 Å². The van der Waals surface area contributed by atoms with Gasteiger partial charge in [-0.25, -0.2) is 18.4 Å². The highest BCUT2D eigenvalue weighted by molar-refractivity contribution is 5.85. The number of hydrogen-bond donors (Lipinski definition) is 2. The molecule has 0 saturated heterocycles. The number of carboxylic acid groups (broad SMARTS) is 1. The lowest BCUT2D eigenvalue weighted by Crippen LogP contribution is -2.63. The Hall–Kier alpha value is -1.40. The zero-order chi connectivity index (χ0) is 18.7. The summed E-state index contributed by atoms with van der Waals surface area (Å²) >= 11 is 0. The number of carbonyl (C=O) groups is 2. The van der Waals surface area contributed by atoms with Gasteiger partial charge in [0.05, 0.1) is 0 Å². The average Bonchev–Trinajstić information content (AvgIpc) is 2.30. The van der Waals surface area contributed by atoms with Crippen LogP contribution in [0.2, 0.25) is 0 Å². The zero-order valence-electron chi connectivity index (χ0n) is 15.0. The number of nitrogens with one attached hydrogen (secondary N) is 1. The van der Waals surface area contributed by atoms with Crippen molar-refractivity contribution >= 4 is 12.1 Å². The molecule has 0 spiro atoms. The number of ether oxygens (including phenoxy) is 1. The summed E-state index contributed by atoms with van der Waals surface area (Å²) in [5.74, 6) is -4.34. The third-order valence-corrected chi connectivity index (χ3v) is 3.74. The predicted octanol–water partition coefficient (Wildman–Crippen LogP) is 4.21. The van der Waals surface area contributed by atoms with Crippen molar-refractivity contribution in [3.05, 3.63) is 0 Å². The molecule has 0 unspecified atom stereocenters. The van der Waals surface area contributed by atoms with Crippen LogP contribution >= 0.6 is 0 Å². The SMILES string of the molecule is CCC(F)(F)CC[C@@](NC(=O)OC(C)(C)C)(C(=O)O)C(C)(C)C. The summed E-state index contributed by atoms with van der Waals surface area (Å²) in [5.41, 5.74) is -3.66. The van der Waals surface area contributed by atoms with E-state index in [9.17, 15) is 23.5 Å². The van der Waals surface area contributed by atoms with Gasteiger partial charge in [0.25, 0.3) is 0 Å². The number of alkyl carbamates (subject to hydrolysis) is 1. The highest BCUT2D eigenvalue weighted by Crippen LogP contribution is 2.38. The van der Waals surface area contributed by atoms with Crippen molar-refractivity contribution in [1.29, 1.82) is 0 Å². The second-order valence-corrected chi connectivity index (χ2v) is 7.80. The van der Waals surface area contributed by atoms with E-state index in [1.165, 1.54) is 6.92 Å². The summed E-state index contributed by atoms with van der Waals surface area (Å²) in [6.07, 6.45) is -2.36. The van der Waals surface area contributed by atoms with E-state index in [1.54, 1.807) is 41.5 Å². The molecule has 1 amide bonds. The Morgan fingerprint density at radius 3 is 1.83 bits per heavy atom. The van der Waals surface area contributed by atoms with Gasteiger partial charge in [-0.05, 0) is 32.6 Å². The fraction of sp³-hybridized carbons (Fsp3) is 0.875. The molecule has 136 valence electrons. The van der Waals surface area contributed by atoms with Crippen LogP contribution in [-0.2, 0) is 9.53 Å². The predicted molar refractivity (Wildman–Crippen MR) is 83.7 cm³/mol. The van der Waals surface area contributed by atoms with E-state index in [0.717, 1.165) is 0 Å². The van der Waals surface area contributed by atoms with Gasteiger partial charge >= 0.3 is 12.1 Å². The van der Waals surface area contributed by atoms with Gasteiger partial charge in [0, 0.05) is 12.8 Å². The summed E-state index contributed by atoms with van der Waals surface area (Å²) in [6, 6.07) is 0. The second kappa shape index (κ2) is 7.01. The van der Waals surface area contributed by atoms with Crippen LogP contribution in [0, 0.1) is 5.41 Å². The summed E-state index contributed by atoms with van der Waals surface area (Å²) in [7, 11) is 0. The molecule has 0 bridgehead atoms. The molecule has 1 atom stereocenters. The number of carbonyl (C=O) groups excluding carboxylic acids is 1. The highest BCUT2D eigenvalue weighted by atomic mass is 19.3. The molecule has 23 heavy (non-hydrogen) atoms. The number of halogens is 2. The summed E-state index contributed by atoms with van der Waals surface area (Å²) in [6.45, 7) is 11.0. The Bertz CT molecular complexity index is 438. The maximum atomic E-state index is 13.6. The maximum Gasteiger partial charge on any atom is 0.408 e. The van der Waals surface area contributed by atoms with Crippen molar-refractivity contribution in [2.45, 2.75) is 84.8 Å². The molecule has 0 radical (unpaired) electrons. The molecule has 0 aliphatic heterocycles. The van der Waals surface area contributed by atoms with Crippen LogP contribution in [0.5, 0.6) is 0 Å². The first-order valence-electron chi connectivity index (χ1n) is 7.69. The first-order chi connectivity index (χ1) is 10.1. The minimum atomic E-state index is -2.98. The third-order valence-electron chi connectivity index (χ3n) is 3.74. The van der Waals surface area contributed by atoms with E-state index in [2.05, 4.69) is 5.32 Å². The third kappa shape index (κ3) is 6.31. The van der Waals surface area contributed by atoms with Gasteiger partial charge in [-0.2, -0.15) is 0 Å². The van der Waals surface area contributed by atoms with Crippen molar-refractivity contribution in [2.75, 3.05) is 0 Å². The Labute approximate surface area is 136 Å². The van der Waals surface area contributed by atoms with Gasteiger partial charge in [-0.3, -0.25) is 0 Å². The molecular weight excluding hydrogens is 308 g/mol. The lowest BCUT2D eigenvalue weighted by Gasteiger charge is -2.42. The molecule has 7 heteroatoms. The number of hydrogen-bond acceptors (Lipinski definition) is 3. The minimum Gasteiger partial charge on any atom is -0.479 e. The standard InChI is InChI=1S/C16H29F2NO4/c1-8-15(17,18)9-10-16(11(20)21,13(2,3)4)19-12(22)23-14(5,6)7/h8-10H2,1-7H3,(H,19,22)(H,20,21)/t16-/m1/s1. The fourth-order valence-electron chi connectivity index (χ4n) is 2.13. The van der Waals surface area contributed by atoms with Gasteiger partial charge in [0.1, 0.15) is 11.1 Å². The van der Waals surface area contributed by atoms with Crippen LogP contribution in [0.25, 0.3) is 0 Å². The van der Waals surface area contributed by atoms with Gasteiger partial charge < -0.3 is 15.2 Å². The Balaban J connectivity index is 5.53. The van der Waals surface area contributed by atoms with E-state index in [1.807, 2.05) is 0 Å². The number of alkyl halides is 2. The van der Waals surface area contributed by atoms with Crippen LogP contribution in [0.3, 0.4) is 0 Å². The summed E-state index contributed by atoms with van der Waals surface area (Å²) in [4.78, 5) is 23.9. The number of rotatable bonds is 6. The highest BCUT2D eigenvalue weighted by Gasteiger charge is 2.51. The maximum absolute atomic E-state index is 13.6. The molecule has 0 aromatic heterocycles. The van der Waals surface area contributed by atoms with E-state index in [4.69, 9.17) is 4.74 Å². The number of carboxylic acids is 1. The molecule has 5 nitrogen and oxygen atoms in total. The lowest BCUT2D eigenvalue weighted by atomic mass is 9.70. The van der Waals surface area contributed by atoms with Crippen molar-refractivity contribution < 1.29 is 28.2 Å². The molecule has 0 heterocycles. The molecule has 0 aliphatic carbocycles. The van der Waals surface area contributed by atoms with Crippen LogP contribution in [0.4, 0.5) is 13.6 Å². The number of aliphatic carboxylic acids is 1. The molecule has 0 aromatic carbocycles. The van der Waals surface area contributed by atoms with E-state index in [-0.39, 0.29) is 6.42 Å². The topological polar surface area (TPSA) is 75.6 Å². The Morgan fingerprint density at radius 1 is 1.04 bits per heavy atom. The van der Waals surface area contributed by atoms with Crippen LogP contribution in [-0.4, -0.2) is 34.2 Å². The average molecular weight is 337 g/mol. The fourth-order valence-corrected chi connectivity index (χ4v) is 2.13. The van der Waals surface area contributed by atoms with E-state index < -0.39 is 47.4 Å². The van der Waals surface area contributed by atoms with Gasteiger partial charge in [0.15, 0.2) is 0 Å². The molecule has 0 saturated carbocycles. The first-order valence-corrected chi connectivity index (χ1v) is 7.69. The second-order valence-electron chi connectivity index (χ2n) is 7.80. The Morgan fingerprint density at radius 2 is 1.52 bits per heavy atom. The molecule has 2 N–H and O–H groups in total. The zero-order valence-corrected chi connectivity index (χ0v) is 15.0. The van der Waals surface area contributed by atoms with Crippen molar-refractivity contribution in [1.82, 2.24) is 5.32 Å². The van der Waals surface area contributed by atoms with Gasteiger partial charge in [0.2, 0.25) is 5.92 Å². The molecule has 0 aromatic rings. The quantitative estimate of drug-likeness (QED) is 0.761. The van der Waals surface area contributed by atoms with Gasteiger partial charge in [-0.15, -0.1) is 0 Å². The van der Waals surface area contributed by atoms with Crippen LogP contribution in [0.15, 0.2) is 0 Å². The first kappa shape index (κ1) is 21.6. The lowest BCUT2D eigenvalue weighted by molar-refractivity contribution is -0.151. The Kier molecular flexibility index (Phi) is 6.58. The van der Waals surface area contributed by atoms with Crippen molar-refractivity contribution in [2.24, 2.45) is 5.41 Å². The normalized spacial score (nSPS) is 15.7. The smallest absolute Gasteiger partial charge is 0.408 e. The monoisotopic (exact) mass is 337 g/mol. The van der Waals surface area contributed by atoms with E-state index >= 15 is 0 Å². The minimum absolute atomic E-state index is 0.390. The molecular formula is C16H29F2NO4. The van der Waals surface area contributed by atoms with Crippen LogP contribution < -0.4 is 5.32 Å². The summed E-state index contributed by atoms with van der Waals surface area (Å²) < 4.78 is 32.3. The molecule has 0 aliphatic rings. The summed E-state index contributed by atoms with van der Waals surface area (Å²) in [5, 5.41) is 12.0. The molecule has 0 fully saturated rings. The molecule has 0 rings (SSSR count).